The van der Waals surface area contributed by atoms with Crippen LogP contribution in [-0.2, 0) is 20.9 Å². The van der Waals surface area contributed by atoms with Gasteiger partial charge in [-0.2, -0.15) is 0 Å². The Morgan fingerprint density at radius 3 is 2.70 bits per heavy atom. The molecule has 0 aliphatic heterocycles. The number of carbonyl (C=O) groups excluding carboxylic acids is 2. The number of ether oxygens (including phenoxy) is 2. The minimum Gasteiger partial charge on any atom is -0.484 e. The molecule has 2 aromatic carbocycles. The molecule has 0 atom stereocenters. The van der Waals surface area contributed by atoms with E-state index in [9.17, 15) is 9.59 Å². The number of aromatic nitrogens is 2. The Labute approximate surface area is 159 Å². The fraction of sp³-hybridized carbons (Fsp3) is 0.158. The molecule has 0 unspecified atom stereocenters. The molecule has 0 radical (unpaired) electrons. The van der Waals surface area contributed by atoms with E-state index in [0.29, 0.717) is 10.8 Å². The fourth-order valence-corrected chi connectivity index (χ4v) is 2.87. The van der Waals surface area contributed by atoms with Crippen LogP contribution in [0.2, 0.25) is 0 Å². The number of hydrogen-bond acceptors (Lipinski definition) is 7. The average Bonchev–Trinajstić information content (AvgIpc) is 2.69. The Morgan fingerprint density at radius 2 is 1.89 bits per heavy atom. The second-order valence-corrected chi connectivity index (χ2v) is 6.54. The molecule has 1 amide bonds. The van der Waals surface area contributed by atoms with Crippen molar-refractivity contribution >= 4 is 34.7 Å². The highest BCUT2D eigenvalue weighted by atomic mass is 32.2. The quantitative estimate of drug-likeness (QED) is 0.470. The Balaban J connectivity index is 1.49. The summed E-state index contributed by atoms with van der Waals surface area (Å²) in [4.78, 5) is 31.5. The van der Waals surface area contributed by atoms with Gasteiger partial charge in [0.15, 0.2) is 6.61 Å². The molecule has 7 nitrogen and oxygen atoms in total. The van der Waals surface area contributed by atoms with Crippen LogP contribution in [0.1, 0.15) is 5.56 Å². The van der Waals surface area contributed by atoms with Crippen LogP contribution >= 0.6 is 11.8 Å². The Morgan fingerprint density at radius 1 is 1.07 bits per heavy atom. The maximum atomic E-state index is 12.0. The maximum Gasteiger partial charge on any atom is 0.316 e. The van der Waals surface area contributed by atoms with Gasteiger partial charge < -0.3 is 15.2 Å². The number of para-hydroxylation sites is 2. The lowest BCUT2D eigenvalue weighted by atomic mass is 10.2. The molecule has 1 heterocycles. The van der Waals surface area contributed by atoms with Gasteiger partial charge in [0.05, 0.1) is 23.0 Å². The summed E-state index contributed by atoms with van der Waals surface area (Å²) in [5, 5.41) is 0.660. The van der Waals surface area contributed by atoms with Crippen molar-refractivity contribution in [1.29, 1.82) is 0 Å². The molecule has 3 aromatic rings. The lowest BCUT2D eigenvalue weighted by Crippen LogP contribution is -2.20. The van der Waals surface area contributed by atoms with E-state index in [1.54, 1.807) is 30.5 Å². The lowest BCUT2D eigenvalue weighted by Gasteiger charge is -2.08. The number of primary amides is 1. The van der Waals surface area contributed by atoms with Crippen LogP contribution in [-0.4, -0.2) is 34.2 Å². The number of esters is 1. The maximum absolute atomic E-state index is 12.0. The molecule has 0 saturated heterocycles. The van der Waals surface area contributed by atoms with Gasteiger partial charge in [-0.3, -0.25) is 14.6 Å². The van der Waals surface area contributed by atoms with E-state index in [0.717, 1.165) is 16.6 Å². The van der Waals surface area contributed by atoms with Gasteiger partial charge in [0, 0.05) is 0 Å². The lowest BCUT2D eigenvalue weighted by molar-refractivity contribution is -0.141. The van der Waals surface area contributed by atoms with E-state index in [1.165, 1.54) is 11.8 Å². The van der Waals surface area contributed by atoms with E-state index < -0.39 is 5.91 Å². The van der Waals surface area contributed by atoms with E-state index in [4.69, 9.17) is 15.2 Å². The fourth-order valence-electron chi connectivity index (χ4n) is 2.23. The van der Waals surface area contributed by atoms with Crippen molar-refractivity contribution in [2.45, 2.75) is 11.6 Å². The van der Waals surface area contributed by atoms with Crippen molar-refractivity contribution in [3.05, 3.63) is 60.3 Å². The van der Waals surface area contributed by atoms with Gasteiger partial charge in [-0.05, 0) is 29.8 Å². The summed E-state index contributed by atoms with van der Waals surface area (Å²) in [6.07, 6.45) is 1.64. The molecule has 27 heavy (non-hydrogen) atoms. The molecular formula is C19H17N3O4S. The van der Waals surface area contributed by atoms with Gasteiger partial charge in [-0.1, -0.05) is 36.0 Å². The number of fused-ring (bicyclic) bond motifs is 1. The van der Waals surface area contributed by atoms with Gasteiger partial charge in [0.2, 0.25) is 0 Å². The molecule has 138 valence electrons. The number of hydrogen-bond donors (Lipinski definition) is 1. The van der Waals surface area contributed by atoms with Crippen LogP contribution in [0, 0.1) is 0 Å². The standard InChI is InChI=1S/C19H17N3O4S/c20-17(23)11-25-14-5-3-4-13(8-14)10-26-19(24)12-27-18-9-21-15-6-1-2-7-16(15)22-18/h1-9H,10-12H2,(H2,20,23). The third-order valence-electron chi connectivity index (χ3n) is 3.44. The summed E-state index contributed by atoms with van der Waals surface area (Å²) in [6, 6.07) is 14.5. The second kappa shape index (κ2) is 9.00. The van der Waals surface area contributed by atoms with Gasteiger partial charge in [0.1, 0.15) is 17.4 Å². The predicted molar refractivity (Wildman–Crippen MR) is 101 cm³/mol. The van der Waals surface area contributed by atoms with Crippen molar-refractivity contribution in [1.82, 2.24) is 9.97 Å². The summed E-state index contributed by atoms with van der Waals surface area (Å²) >= 11 is 1.27. The smallest absolute Gasteiger partial charge is 0.316 e. The number of thioether (sulfide) groups is 1. The van der Waals surface area contributed by atoms with Gasteiger partial charge in [0.25, 0.3) is 5.91 Å². The number of nitrogens with zero attached hydrogens (tertiary/aromatic N) is 2. The van der Waals surface area contributed by atoms with Crippen molar-refractivity contribution in [2.75, 3.05) is 12.4 Å². The molecule has 0 fully saturated rings. The topological polar surface area (TPSA) is 104 Å². The van der Waals surface area contributed by atoms with Crippen molar-refractivity contribution in [3.8, 4) is 5.75 Å². The van der Waals surface area contributed by atoms with Crippen molar-refractivity contribution in [3.63, 3.8) is 0 Å². The van der Waals surface area contributed by atoms with Crippen LogP contribution in [0.15, 0.2) is 59.8 Å². The molecular weight excluding hydrogens is 366 g/mol. The van der Waals surface area contributed by atoms with Gasteiger partial charge in [-0.15, -0.1) is 0 Å². The van der Waals surface area contributed by atoms with Crippen LogP contribution in [0.5, 0.6) is 5.75 Å². The first-order valence-electron chi connectivity index (χ1n) is 8.10. The van der Waals surface area contributed by atoms with Crippen LogP contribution in [0.4, 0.5) is 0 Å². The molecule has 2 N–H and O–H groups in total. The SMILES string of the molecule is NC(=O)COc1cccc(COC(=O)CSc2cnc3ccccc3n2)c1. The highest BCUT2D eigenvalue weighted by Crippen LogP contribution is 2.19. The number of nitrogens with two attached hydrogens (primary N) is 1. The minimum absolute atomic E-state index is 0.108. The summed E-state index contributed by atoms with van der Waals surface area (Å²) in [6.45, 7) is -0.0940. The van der Waals surface area contributed by atoms with E-state index >= 15 is 0 Å². The first-order valence-corrected chi connectivity index (χ1v) is 9.09. The zero-order chi connectivity index (χ0) is 19.1. The van der Waals surface area contributed by atoms with E-state index in [1.807, 2.05) is 24.3 Å². The summed E-state index contributed by atoms with van der Waals surface area (Å²) in [5.74, 6) is -0.299. The third kappa shape index (κ3) is 5.68. The highest BCUT2D eigenvalue weighted by molar-refractivity contribution is 7.99. The molecule has 0 aliphatic rings. The molecule has 0 spiro atoms. The largest absolute Gasteiger partial charge is 0.484 e. The first kappa shape index (κ1) is 18.7. The highest BCUT2D eigenvalue weighted by Gasteiger charge is 2.08. The number of carbonyl (C=O) groups is 2. The second-order valence-electron chi connectivity index (χ2n) is 5.55. The third-order valence-corrected chi connectivity index (χ3v) is 4.32. The van der Waals surface area contributed by atoms with Gasteiger partial charge >= 0.3 is 5.97 Å². The molecule has 0 aliphatic carbocycles. The van der Waals surface area contributed by atoms with Crippen molar-refractivity contribution in [2.24, 2.45) is 5.73 Å². The van der Waals surface area contributed by atoms with E-state index in [-0.39, 0.29) is 24.9 Å². The molecule has 1 aromatic heterocycles. The zero-order valence-corrected chi connectivity index (χ0v) is 15.1. The normalized spacial score (nSPS) is 10.5. The minimum atomic E-state index is -0.555. The summed E-state index contributed by atoms with van der Waals surface area (Å²) in [7, 11) is 0. The van der Waals surface area contributed by atoms with E-state index in [2.05, 4.69) is 9.97 Å². The van der Waals surface area contributed by atoms with Crippen LogP contribution in [0.3, 0.4) is 0 Å². The molecule has 8 heteroatoms. The number of rotatable bonds is 8. The predicted octanol–water partition coefficient (Wildman–Crippen LogP) is 2.33. The average molecular weight is 383 g/mol. The van der Waals surface area contributed by atoms with Crippen LogP contribution in [0.25, 0.3) is 11.0 Å². The molecule has 0 saturated carbocycles. The Kier molecular flexibility index (Phi) is 6.22. The Bertz CT molecular complexity index is 964. The van der Waals surface area contributed by atoms with Crippen molar-refractivity contribution < 1.29 is 19.1 Å². The zero-order valence-electron chi connectivity index (χ0n) is 14.3. The number of amides is 1. The number of benzene rings is 2. The summed E-state index contributed by atoms with van der Waals surface area (Å²) < 4.78 is 10.5. The first-order chi connectivity index (χ1) is 13.1. The molecule has 0 bridgehead atoms. The van der Waals surface area contributed by atoms with Gasteiger partial charge in [-0.25, -0.2) is 4.98 Å². The molecule has 3 rings (SSSR count). The Hall–Kier alpha value is -3.13. The van der Waals surface area contributed by atoms with Crippen LogP contribution < -0.4 is 10.5 Å². The monoisotopic (exact) mass is 383 g/mol. The summed E-state index contributed by atoms with van der Waals surface area (Å²) in [5.41, 5.74) is 7.38.